The standard InChI is InChI=1S/C13H25NS/c1-11-5-4-7-12(9-11)15-13-6-2-3-8-14-10-13/h11-14H,2-10H2,1H3. The summed E-state index contributed by atoms with van der Waals surface area (Å²) in [6, 6.07) is 0. The Kier molecular flexibility index (Phi) is 4.83. The van der Waals surface area contributed by atoms with Gasteiger partial charge in [0, 0.05) is 17.0 Å². The van der Waals surface area contributed by atoms with Crippen LogP contribution >= 0.6 is 11.8 Å². The minimum absolute atomic E-state index is 0.905. The molecule has 3 atom stereocenters. The van der Waals surface area contributed by atoms with Crippen molar-refractivity contribution in [3.8, 4) is 0 Å². The van der Waals surface area contributed by atoms with Crippen molar-refractivity contribution in [2.24, 2.45) is 5.92 Å². The van der Waals surface area contributed by atoms with Gasteiger partial charge < -0.3 is 5.32 Å². The first kappa shape index (κ1) is 11.8. The molecule has 0 spiro atoms. The zero-order valence-corrected chi connectivity index (χ0v) is 10.8. The molecule has 1 aliphatic heterocycles. The summed E-state index contributed by atoms with van der Waals surface area (Å²) < 4.78 is 0. The van der Waals surface area contributed by atoms with Crippen LogP contribution in [0.4, 0.5) is 0 Å². The Morgan fingerprint density at radius 3 is 2.73 bits per heavy atom. The molecule has 0 aromatic rings. The van der Waals surface area contributed by atoms with Crippen LogP contribution in [0.1, 0.15) is 51.9 Å². The van der Waals surface area contributed by atoms with Gasteiger partial charge in [0.1, 0.15) is 0 Å². The lowest BCUT2D eigenvalue weighted by molar-refractivity contribution is 0.393. The summed E-state index contributed by atoms with van der Waals surface area (Å²) >= 11 is 2.30. The van der Waals surface area contributed by atoms with Crippen molar-refractivity contribution in [3.05, 3.63) is 0 Å². The molecule has 0 bridgehead atoms. The van der Waals surface area contributed by atoms with E-state index in [0.29, 0.717) is 0 Å². The van der Waals surface area contributed by atoms with Crippen LogP contribution in [-0.4, -0.2) is 23.6 Å². The number of hydrogen-bond acceptors (Lipinski definition) is 2. The predicted octanol–water partition coefficient (Wildman–Crippen LogP) is 3.44. The van der Waals surface area contributed by atoms with Gasteiger partial charge in [-0.05, 0) is 38.1 Å². The smallest absolute Gasteiger partial charge is 0.0175 e. The van der Waals surface area contributed by atoms with E-state index in [-0.39, 0.29) is 0 Å². The van der Waals surface area contributed by atoms with Crippen molar-refractivity contribution in [2.45, 2.75) is 62.4 Å². The maximum atomic E-state index is 3.58. The van der Waals surface area contributed by atoms with Crippen molar-refractivity contribution in [3.63, 3.8) is 0 Å². The van der Waals surface area contributed by atoms with Crippen molar-refractivity contribution in [2.75, 3.05) is 13.1 Å². The predicted molar refractivity (Wildman–Crippen MR) is 69.5 cm³/mol. The third-order valence-corrected chi connectivity index (χ3v) is 5.38. The monoisotopic (exact) mass is 227 g/mol. The number of rotatable bonds is 2. The first-order valence-electron chi connectivity index (χ1n) is 6.71. The van der Waals surface area contributed by atoms with E-state index in [1.165, 1.54) is 58.0 Å². The highest BCUT2D eigenvalue weighted by Crippen LogP contribution is 2.35. The van der Waals surface area contributed by atoms with E-state index in [4.69, 9.17) is 0 Å². The molecule has 88 valence electrons. The van der Waals surface area contributed by atoms with Crippen molar-refractivity contribution >= 4 is 11.8 Å². The highest BCUT2D eigenvalue weighted by molar-refractivity contribution is 8.00. The van der Waals surface area contributed by atoms with E-state index in [0.717, 1.165) is 16.4 Å². The lowest BCUT2D eigenvalue weighted by Gasteiger charge is -2.29. The molecule has 1 aliphatic carbocycles. The normalized spacial score (nSPS) is 38.6. The Morgan fingerprint density at radius 2 is 1.87 bits per heavy atom. The Bertz CT molecular complexity index is 175. The van der Waals surface area contributed by atoms with Gasteiger partial charge in [0.25, 0.3) is 0 Å². The molecule has 2 aliphatic rings. The molecule has 2 rings (SSSR count). The fraction of sp³-hybridized carbons (Fsp3) is 1.00. The van der Waals surface area contributed by atoms with Gasteiger partial charge in [-0.2, -0.15) is 11.8 Å². The van der Waals surface area contributed by atoms with Gasteiger partial charge in [-0.3, -0.25) is 0 Å². The zero-order chi connectivity index (χ0) is 10.5. The minimum atomic E-state index is 0.905. The van der Waals surface area contributed by atoms with E-state index >= 15 is 0 Å². The molecule has 2 heteroatoms. The largest absolute Gasteiger partial charge is 0.316 e. The SMILES string of the molecule is CC1CCCC(SC2CCCCNC2)C1. The number of nitrogens with one attached hydrogen (secondary N) is 1. The van der Waals surface area contributed by atoms with Crippen LogP contribution in [0.2, 0.25) is 0 Å². The van der Waals surface area contributed by atoms with E-state index in [2.05, 4.69) is 24.0 Å². The van der Waals surface area contributed by atoms with Crippen LogP contribution in [0.3, 0.4) is 0 Å². The summed E-state index contributed by atoms with van der Waals surface area (Å²) in [5.74, 6) is 0.981. The highest BCUT2D eigenvalue weighted by atomic mass is 32.2. The molecule has 0 amide bonds. The first-order chi connectivity index (χ1) is 7.34. The second kappa shape index (κ2) is 6.15. The molecular weight excluding hydrogens is 202 g/mol. The molecule has 1 saturated carbocycles. The average molecular weight is 227 g/mol. The van der Waals surface area contributed by atoms with Crippen molar-refractivity contribution < 1.29 is 0 Å². The second-order valence-electron chi connectivity index (χ2n) is 5.35. The Morgan fingerprint density at radius 1 is 1.00 bits per heavy atom. The van der Waals surface area contributed by atoms with Crippen molar-refractivity contribution in [1.82, 2.24) is 5.32 Å². The van der Waals surface area contributed by atoms with E-state index in [9.17, 15) is 0 Å². The van der Waals surface area contributed by atoms with Gasteiger partial charge in [0.2, 0.25) is 0 Å². The molecule has 15 heavy (non-hydrogen) atoms. The van der Waals surface area contributed by atoms with Crippen LogP contribution in [0.5, 0.6) is 0 Å². The third-order valence-electron chi connectivity index (χ3n) is 3.77. The summed E-state index contributed by atoms with van der Waals surface area (Å²) in [7, 11) is 0. The van der Waals surface area contributed by atoms with Crippen LogP contribution < -0.4 is 5.32 Å². The van der Waals surface area contributed by atoms with Gasteiger partial charge in [-0.25, -0.2) is 0 Å². The summed E-state index contributed by atoms with van der Waals surface area (Å²) in [4.78, 5) is 0. The van der Waals surface area contributed by atoms with Gasteiger partial charge >= 0.3 is 0 Å². The Balaban J connectivity index is 1.74. The van der Waals surface area contributed by atoms with E-state index < -0.39 is 0 Å². The molecule has 0 aromatic carbocycles. The lowest BCUT2D eigenvalue weighted by atomic mass is 9.91. The van der Waals surface area contributed by atoms with E-state index in [1.54, 1.807) is 0 Å². The minimum Gasteiger partial charge on any atom is -0.316 e. The molecule has 0 aromatic heterocycles. The quantitative estimate of drug-likeness (QED) is 0.775. The van der Waals surface area contributed by atoms with Gasteiger partial charge in [0.05, 0.1) is 0 Å². The summed E-state index contributed by atoms with van der Waals surface area (Å²) in [5.41, 5.74) is 0. The fourth-order valence-corrected chi connectivity index (χ4v) is 4.68. The summed E-state index contributed by atoms with van der Waals surface area (Å²) in [5, 5.41) is 5.45. The second-order valence-corrected chi connectivity index (χ2v) is 6.96. The van der Waals surface area contributed by atoms with Gasteiger partial charge in [-0.15, -0.1) is 0 Å². The molecule has 1 N–H and O–H groups in total. The third kappa shape index (κ3) is 3.99. The Labute approximate surface area is 98.8 Å². The number of thioether (sulfide) groups is 1. The topological polar surface area (TPSA) is 12.0 Å². The Hall–Kier alpha value is 0.310. The molecule has 1 nitrogen and oxygen atoms in total. The van der Waals surface area contributed by atoms with Crippen LogP contribution in [-0.2, 0) is 0 Å². The average Bonchev–Trinajstić information content (AvgIpc) is 2.46. The summed E-state index contributed by atoms with van der Waals surface area (Å²) in [6.45, 7) is 4.94. The van der Waals surface area contributed by atoms with Crippen LogP contribution in [0, 0.1) is 5.92 Å². The highest BCUT2D eigenvalue weighted by Gasteiger charge is 2.23. The maximum absolute atomic E-state index is 3.58. The fourth-order valence-electron chi connectivity index (χ4n) is 2.88. The van der Waals surface area contributed by atoms with Crippen molar-refractivity contribution in [1.29, 1.82) is 0 Å². The summed E-state index contributed by atoms with van der Waals surface area (Å²) in [6.07, 6.45) is 10.2. The molecule has 3 unspecified atom stereocenters. The van der Waals surface area contributed by atoms with Crippen LogP contribution in [0.15, 0.2) is 0 Å². The lowest BCUT2D eigenvalue weighted by Crippen LogP contribution is -2.26. The van der Waals surface area contributed by atoms with Gasteiger partial charge in [-0.1, -0.05) is 26.2 Å². The van der Waals surface area contributed by atoms with Crippen LogP contribution in [0.25, 0.3) is 0 Å². The van der Waals surface area contributed by atoms with E-state index in [1.807, 2.05) is 0 Å². The molecule has 1 saturated heterocycles. The molecule has 2 fully saturated rings. The first-order valence-corrected chi connectivity index (χ1v) is 7.65. The maximum Gasteiger partial charge on any atom is 0.0175 e. The molecule has 1 heterocycles. The molecule has 0 radical (unpaired) electrons. The molecular formula is C13H25NS. The zero-order valence-electron chi connectivity index (χ0n) is 10.0. The number of hydrogen-bond donors (Lipinski definition) is 1. The van der Waals surface area contributed by atoms with Gasteiger partial charge in [0.15, 0.2) is 0 Å².